The molecule has 0 radical (unpaired) electrons. The number of pyridine rings is 1. The molecule has 3 heterocycles. The lowest BCUT2D eigenvalue weighted by molar-refractivity contribution is -0.126. The molecule has 2 fully saturated rings. The molecule has 0 spiro atoms. The number of hydrogen-bond donors (Lipinski definition) is 2. The summed E-state index contributed by atoms with van der Waals surface area (Å²) < 4.78 is 12.1. The van der Waals surface area contributed by atoms with Gasteiger partial charge in [0.2, 0.25) is 5.91 Å². The van der Waals surface area contributed by atoms with Crippen LogP contribution in [0.2, 0.25) is 0 Å². The number of aliphatic hydroxyl groups is 1. The Hall–Kier alpha value is -1.74. The van der Waals surface area contributed by atoms with Gasteiger partial charge in [-0.25, -0.2) is 4.98 Å². The largest absolute Gasteiger partial charge is 0.490 e. The molecule has 2 aromatic rings. The summed E-state index contributed by atoms with van der Waals surface area (Å²) in [5, 5.41) is 11.1. The van der Waals surface area contributed by atoms with E-state index in [9.17, 15) is 9.90 Å². The Balaban J connectivity index is 1.31. The number of primary amides is 1. The molecule has 5 rings (SSSR count). The lowest BCUT2D eigenvalue weighted by Crippen LogP contribution is -2.46. The first-order valence-electron chi connectivity index (χ1n) is 11.5. The highest BCUT2D eigenvalue weighted by Gasteiger charge is 2.33. The third-order valence-electron chi connectivity index (χ3n) is 7.13. The molecule has 3 aliphatic rings. The first-order valence-corrected chi connectivity index (χ1v) is 12.3. The molecule has 3 N–H and O–H groups in total. The highest BCUT2D eigenvalue weighted by molar-refractivity contribution is 7.19. The zero-order chi connectivity index (χ0) is 21.4. The molecule has 1 saturated heterocycles. The van der Waals surface area contributed by atoms with Crippen LogP contribution in [0.25, 0.3) is 10.2 Å². The van der Waals surface area contributed by atoms with E-state index in [1.807, 2.05) is 12.3 Å². The van der Waals surface area contributed by atoms with Crippen molar-refractivity contribution in [3.8, 4) is 5.75 Å². The molecule has 2 aliphatic carbocycles. The van der Waals surface area contributed by atoms with E-state index >= 15 is 0 Å². The number of morpholine rings is 1. The quantitative estimate of drug-likeness (QED) is 0.709. The summed E-state index contributed by atoms with van der Waals surface area (Å²) in [5.74, 6) is 0.368. The Kier molecular flexibility index (Phi) is 6.14. The van der Waals surface area contributed by atoms with Gasteiger partial charge in [0, 0.05) is 30.2 Å². The molecule has 0 unspecified atom stereocenters. The zero-order valence-electron chi connectivity index (χ0n) is 17.8. The highest BCUT2D eigenvalue weighted by atomic mass is 32.1. The van der Waals surface area contributed by atoms with Crippen molar-refractivity contribution in [1.82, 2.24) is 9.88 Å². The number of amides is 1. The summed E-state index contributed by atoms with van der Waals surface area (Å²) in [6.45, 7) is 3.78. The number of thiophene rings is 1. The number of carbonyl (C=O) groups excluding carboxylic acids is 1. The Bertz CT molecular complexity index is 934. The standard InChI is InChI=1S/C23H31N3O4S/c24-22(28)17(27)13-14-1-6-19-20(14)21-18(7-8-25-23(21)31-19)30-16-4-2-15(3-5-16)26-9-11-29-12-10-26/h7-8,14-17,27H,1-6,9-13H2,(H2,24,28)/t14-,15?,16?,17-/m1/s1. The maximum Gasteiger partial charge on any atom is 0.246 e. The summed E-state index contributed by atoms with van der Waals surface area (Å²) in [5.41, 5.74) is 6.52. The molecule has 1 saturated carbocycles. The van der Waals surface area contributed by atoms with Crippen molar-refractivity contribution in [2.75, 3.05) is 26.3 Å². The van der Waals surface area contributed by atoms with Crippen LogP contribution in [-0.2, 0) is 16.0 Å². The summed E-state index contributed by atoms with van der Waals surface area (Å²) in [6, 6.07) is 2.62. The second-order valence-electron chi connectivity index (χ2n) is 9.01. The Morgan fingerprint density at radius 2 is 2.06 bits per heavy atom. The minimum absolute atomic E-state index is 0.120. The smallest absolute Gasteiger partial charge is 0.246 e. The summed E-state index contributed by atoms with van der Waals surface area (Å²) in [7, 11) is 0. The van der Waals surface area contributed by atoms with Gasteiger partial charge >= 0.3 is 0 Å². The van der Waals surface area contributed by atoms with Gasteiger partial charge in [-0.15, -0.1) is 11.3 Å². The number of aliphatic hydroxyl groups excluding tert-OH is 1. The molecule has 2 atom stereocenters. The van der Waals surface area contributed by atoms with Crippen LogP contribution in [0.1, 0.15) is 54.9 Å². The number of rotatable bonds is 6. The van der Waals surface area contributed by atoms with Crippen molar-refractivity contribution in [1.29, 1.82) is 0 Å². The fourth-order valence-corrected chi connectivity index (χ4v) is 6.76. The van der Waals surface area contributed by atoms with Crippen molar-refractivity contribution in [3.63, 3.8) is 0 Å². The maximum atomic E-state index is 11.4. The molecule has 2 aromatic heterocycles. The van der Waals surface area contributed by atoms with E-state index in [-0.39, 0.29) is 12.0 Å². The van der Waals surface area contributed by atoms with Crippen molar-refractivity contribution >= 4 is 27.5 Å². The maximum absolute atomic E-state index is 11.4. The minimum Gasteiger partial charge on any atom is -0.490 e. The van der Waals surface area contributed by atoms with Crippen LogP contribution in [0.4, 0.5) is 0 Å². The van der Waals surface area contributed by atoms with Crippen LogP contribution >= 0.6 is 11.3 Å². The third-order valence-corrected chi connectivity index (χ3v) is 8.30. The fraction of sp³-hybridized carbons (Fsp3) is 0.652. The Morgan fingerprint density at radius 1 is 1.29 bits per heavy atom. The van der Waals surface area contributed by atoms with E-state index in [2.05, 4.69) is 9.88 Å². The van der Waals surface area contributed by atoms with Crippen LogP contribution in [0.3, 0.4) is 0 Å². The van der Waals surface area contributed by atoms with Crippen molar-refractivity contribution in [3.05, 3.63) is 22.7 Å². The molecular formula is C23H31N3O4S. The second kappa shape index (κ2) is 9.02. The number of aryl methyl sites for hydroxylation is 1. The van der Waals surface area contributed by atoms with Gasteiger partial charge in [-0.1, -0.05) is 0 Å². The number of nitrogens with zero attached hydrogens (tertiary/aromatic N) is 2. The van der Waals surface area contributed by atoms with E-state index < -0.39 is 12.0 Å². The normalized spacial score (nSPS) is 27.8. The summed E-state index contributed by atoms with van der Waals surface area (Å²) in [4.78, 5) is 20.8. The van der Waals surface area contributed by atoms with Gasteiger partial charge in [-0.2, -0.15) is 0 Å². The predicted octanol–water partition coefficient (Wildman–Crippen LogP) is 2.58. The van der Waals surface area contributed by atoms with Crippen molar-refractivity contribution in [2.24, 2.45) is 5.73 Å². The SMILES string of the molecule is NC(=O)[C@H](O)C[C@H]1CCc2sc3nccc(OC4CCC(N5CCOCC5)CC4)c3c21. The van der Waals surface area contributed by atoms with Crippen LogP contribution in [0.15, 0.2) is 12.3 Å². The number of aromatic nitrogens is 1. The lowest BCUT2D eigenvalue weighted by Gasteiger charge is -2.38. The van der Waals surface area contributed by atoms with Crippen molar-refractivity contribution in [2.45, 2.75) is 69.1 Å². The van der Waals surface area contributed by atoms with Crippen LogP contribution < -0.4 is 10.5 Å². The lowest BCUT2D eigenvalue weighted by atomic mass is 9.91. The average Bonchev–Trinajstić information content (AvgIpc) is 3.35. The molecule has 8 heteroatoms. The van der Waals surface area contributed by atoms with Gasteiger partial charge in [0.15, 0.2) is 0 Å². The van der Waals surface area contributed by atoms with E-state index in [1.54, 1.807) is 11.3 Å². The molecule has 7 nitrogen and oxygen atoms in total. The molecule has 168 valence electrons. The van der Waals surface area contributed by atoms with E-state index in [0.29, 0.717) is 12.5 Å². The van der Waals surface area contributed by atoms with E-state index in [1.165, 1.54) is 10.4 Å². The number of fused-ring (bicyclic) bond motifs is 3. The molecule has 0 aromatic carbocycles. The molecule has 1 amide bonds. The second-order valence-corrected chi connectivity index (χ2v) is 10.1. The Labute approximate surface area is 186 Å². The first kappa shape index (κ1) is 21.1. The van der Waals surface area contributed by atoms with Gasteiger partial charge in [0.25, 0.3) is 0 Å². The molecule has 1 aliphatic heterocycles. The highest BCUT2D eigenvalue weighted by Crippen LogP contribution is 2.48. The van der Waals surface area contributed by atoms with Crippen LogP contribution in [-0.4, -0.2) is 65.5 Å². The number of nitrogens with two attached hydrogens (primary N) is 1. The zero-order valence-corrected chi connectivity index (χ0v) is 18.6. The Morgan fingerprint density at radius 3 is 2.81 bits per heavy atom. The predicted molar refractivity (Wildman–Crippen MR) is 120 cm³/mol. The van der Waals surface area contributed by atoms with Crippen LogP contribution in [0, 0.1) is 0 Å². The topological polar surface area (TPSA) is 97.9 Å². The molecule has 31 heavy (non-hydrogen) atoms. The number of carbonyl (C=O) groups is 1. The van der Waals surface area contributed by atoms with Gasteiger partial charge < -0.3 is 20.3 Å². The van der Waals surface area contributed by atoms with E-state index in [0.717, 1.165) is 80.8 Å². The monoisotopic (exact) mass is 445 g/mol. The third kappa shape index (κ3) is 4.31. The fourth-order valence-electron chi connectivity index (χ4n) is 5.50. The minimum atomic E-state index is -1.11. The molecule has 0 bridgehead atoms. The van der Waals surface area contributed by atoms with Crippen molar-refractivity contribution < 1.29 is 19.4 Å². The van der Waals surface area contributed by atoms with E-state index in [4.69, 9.17) is 15.2 Å². The molecular weight excluding hydrogens is 414 g/mol. The first-order chi connectivity index (χ1) is 15.1. The summed E-state index contributed by atoms with van der Waals surface area (Å²) in [6.07, 6.45) is 7.63. The van der Waals surface area contributed by atoms with Gasteiger partial charge in [-0.3, -0.25) is 9.69 Å². The average molecular weight is 446 g/mol. The number of hydrogen-bond acceptors (Lipinski definition) is 7. The van der Waals surface area contributed by atoms with Gasteiger partial charge in [0.05, 0.1) is 24.7 Å². The summed E-state index contributed by atoms with van der Waals surface area (Å²) >= 11 is 1.71. The van der Waals surface area contributed by atoms with Gasteiger partial charge in [0.1, 0.15) is 16.7 Å². The number of ether oxygens (including phenoxy) is 2. The van der Waals surface area contributed by atoms with Gasteiger partial charge in [-0.05, 0) is 62.5 Å². The van der Waals surface area contributed by atoms with Crippen LogP contribution in [0.5, 0.6) is 5.75 Å².